The number of fused-ring (bicyclic) bond motifs is 1. The number of imidazole rings is 1. The van der Waals surface area contributed by atoms with Crippen molar-refractivity contribution in [3.05, 3.63) is 18.2 Å². The van der Waals surface area contributed by atoms with Crippen LogP contribution in [0.1, 0.15) is 32.0 Å². The number of rotatable bonds is 3. The third kappa shape index (κ3) is 2.54. The molecule has 0 radical (unpaired) electrons. The number of carboxylic acid groups (broad SMARTS) is 1. The number of carbonyl (C=O) groups excluding carboxylic acids is 1. The van der Waals surface area contributed by atoms with Gasteiger partial charge in [0.1, 0.15) is 5.82 Å². The van der Waals surface area contributed by atoms with Crippen molar-refractivity contribution in [1.82, 2.24) is 14.5 Å². The third-order valence-electron chi connectivity index (χ3n) is 4.93. The van der Waals surface area contributed by atoms with Crippen molar-refractivity contribution in [1.29, 1.82) is 0 Å². The second kappa shape index (κ2) is 5.50. The molecule has 3 rings (SSSR count). The minimum absolute atomic E-state index is 0.00685. The molecule has 1 aliphatic heterocycles. The van der Waals surface area contributed by atoms with E-state index < -0.39 is 11.9 Å². The number of aromatic nitrogens is 2. The first kappa shape index (κ1) is 14.1. The van der Waals surface area contributed by atoms with Crippen LogP contribution in [0, 0.1) is 17.8 Å². The predicted molar refractivity (Wildman–Crippen MR) is 75.3 cm³/mol. The summed E-state index contributed by atoms with van der Waals surface area (Å²) in [5.74, 6) is -0.494. The minimum atomic E-state index is -0.831. The largest absolute Gasteiger partial charge is 0.481 e. The van der Waals surface area contributed by atoms with Crippen LogP contribution in [0.3, 0.4) is 0 Å². The Morgan fingerprint density at radius 2 is 2.10 bits per heavy atom. The van der Waals surface area contributed by atoms with Gasteiger partial charge in [-0.2, -0.15) is 0 Å². The zero-order chi connectivity index (χ0) is 15.0. The molecule has 0 bridgehead atoms. The fraction of sp³-hybridized carbons (Fsp3) is 0.667. The quantitative estimate of drug-likeness (QED) is 0.912. The van der Waals surface area contributed by atoms with Crippen LogP contribution in [0.25, 0.3) is 0 Å². The summed E-state index contributed by atoms with van der Waals surface area (Å²) in [5, 5.41) is 9.38. The van der Waals surface area contributed by atoms with Crippen LogP contribution in [0.15, 0.2) is 12.4 Å². The summed E-state index contributed by atoms with van der Waals surface area (Å²) >= 11 is 0. The third-order valence-corrected chi connectivity index (χ3v) is 4.93. The highest BCUT2D eigenvalue weighted by Gasteiger charge is 2.44. The van der Waals surface area contributed by atoms with Gasteiger partial charge in [0.25, 0.3) is 0 Å². The lowest BCUT2D eigenvalue weighted by atomic mass is 9.94. The van der Waals surface area contributed by atoms with Crippen molar-refractivity contribution in [2.75, 3.05) is 6.54 Å². The van der Waals surface area contributed by atoms with Crippen LogP contribution < -0.4 is 0 Å². The summed E-state index contributed by atoms with van der Waals surface area (Å²) in [6, 6.07) is 0. The number of nitrogens with zero attached hydrogens (tertiary/aromatic N) is 3. The normalized spacial score (nSPS) is 28.4. The number of hydrogen-bond acceptors (Lipinski definition) is 3. The molecule has 1 unspecified atom stereocenters. The Hall–Kier alpha value is -1.85. The highest BCUT2D eigenvalue weighted by Crippen LogP contribution is 2.39. The Morgan fingerprint density at radius 3 is 2.81 bits per heavy atom. The summed E-state index contributed by atoms with van der Waals surface area (Å²) < 4.78 is 2.04. The first-order chi connectivity index (χ1) is 10.1. The summed E-state index contributed by atoms with van der Waals surface area (Å²) in [6.45, 7) is 3.93. The standard InChI is InChI=1S/C15H21N3O3/c1-2-10-7-11(12(8-10)15(20)21)14(19)18-6-5-17-4-3-16-13(17)9-18/h3-4,10-12H,2,5-9H2,1H3,(H,20,21)/t10?,11-,12+/m0/s1. The zero-order valence-corrected chi connectivity index (χ0v) is 12.2. The summed E-state index contributed by atoms with van der Waals surface area (Å²) in [7, 11) is 0. The Kier molecular flexibility index (Phi) is 3.69. The second-order valence-corrected chi connectivity index (χ2v) is 6.09. The van der Waals surface area contributed by atoms with Gasteiger partial charge in [-0.25, -0.2) is 4.98 Å². The van der Waals surface area contributed by atoms with Gasteiger partial charge in [-0.15, -0.1) is 0 Å². The van der Waals surface area contributed by atoms with Gasteiger partial charge in [-0.3, -0.25) is 9.59 Å². The first-order valence-electron chi connectivity index (χ1n) is 7.61. The minimum Gasteiger partial charge on any atom is -0.481 e. The van der Waals surface area contributed by atoms with E-state index in [4.69, 9.17) is 0 Å². The van der Waals surface area contributed by atoms with Crippen molar-refractivity contribution >= 4 is 11.9 Å². The summed E-state index contributed by atoms with van der Waals surface area (Å²) in [4.78, 5) is 30.2. The molecule has 2 heterocycles. The lowest BCUT2D eigenvalue weighted by Gasteiger charge is -2.31. The summed E-state index contributed by atoms with van der Waals surface area (Å²) in [6.07, 6.45) is 5.94. The van der Waals surface area contributed by atoms with Gasteiger partial charge in [-0.1, -0.05) is 13.3 Å². The molecule has 1 aromatic heterocycles. The molecule has 6 heteroatoms. The van der Waals surface area contributed by atoms with E-state index in [-0.39, 0.29) is 11.8 Å². The summed E-state index contributed by atoms with van der Waals surface area (Å²) in [5.41, 5.74) is 0. The average molecular weight is 291 g/mol. The maximum absolute atomic E-state index is 12.7. The van der Waals surface area contributed by atoms with E-state index in [0.29, 0.717) is 31.8 Å². The molecular weight excluding hydrogens is 270 g/mol. The molecule has 6 nitrogen and oxygen atoms in total. The molecule has 2 aliphatic rings. The van der Waals surface area contributed by atoms with Crippen LogP contribution >= 0.6 is 0 Å². The van der Waals surface area contributed by atoms with E-state index in [0.717, 1.165) is 18.8 Å². The molecule has 1 aliphatic carbocycles. The van der Waals surface area contributed by atoms with Crippen LogP contribution in [0.5, 0.6) is 0 Å². The van der Waals surface area contributed by atoms with Crippen molar-refractivity contribution in [3.63, 3.8) is 0 Å². The molecule has 1 N–H and O–H groups in total. The highest BCUT2D eigenvalue weighted by molar-refractivity contribution is 5.85. The maximum atomic E-state index is 12.7. The Labute approximate surface area is 123 Å². The first-order valence-corrected chi connectivity index (χ1v) is 7.61. The monoisotopic (exact) mass is 291 g/mol. The van der Waals surface area contributed by atoms with Crippen LogP contribution in [-0.4, -0.2) is 38.0 Å². The fourth-order valence-electron chi connectivity index (χ4n) is 3.62. The van der Waals surface area contributed by atoms with Crippen molar-refractivity contribution in [2.45, 2.75) is 39.3 Å². The number of hydrogen-bond donors (Lipinski definition) is 1. The Balaban J connectivity index is 1.74. The molecule has 1 fully saturated rings. The van der Waals surface area contributed by atoms with E-state index in [2.05, 4.69) is 11.9 Å². The number of amides is 1. The lowest BCUT2D eigenvalue weighted by molar-refractivity contribution is -0.149. The van der Waals surface area contributed by atoms with Gasteiger partial charge in [0.05, 0.1) is 18.4 Å². The number of aliphatic carboxylic acids is 1. The molecule has 0 spiro atoms. The second-order valence-electron chi connectivity index (χ2n) is 6.09. The zero-order valence-electron chi connectivity index (χ0n) is 12.2. The molecule has 3 atom stereocenters. The van der Waals surface area contributed by atoms with Gasteiger partial charge in [0, 0.05) is 25.5 Å². The van der Waals surface area contributed by atoms with Crippen molar-refractivity contribution in [3.8, 4) is 0 Å². The van der Waals surface area contributed by atoms with Crippen molar-refractivity contribution < 1.29 is 14.7 Å². The molecule has 0 saturated heterocycles. The molecule has 1 saturated carbocycles. The molecule has 0 aromatic carbocycles. The highest BCUT2D eigenvalue weighted by atomic mass is 16.4. The molecule has 1 aromatic rings. The Bertz CT molecular complexity index is 554. The van der Waals surface area contributed by atoms with Gasteiger partial charge in [0.15, 0.2) is 0 Å². The van der Waals surface area contributed by atoms with Crippen LogP contribution in [0.2, 0.25) is 0 Å². The van der Waals surface area contributed by atoms with Crippen LogP contribution in [-0.2, 0) is 22.7 Å². The van der Waals surface area contributed by atoms with Crippen molar-refractivity contribution in [2.24, 2.45) is 17.8 Å². The average Bonchev–Trinajstić information content (AvgIpc) is 3.11. The Morgan fingerprint density at radius 1 is 1.33 bits per heavy atom. The van der Waals surface area contributed by atoms with Gasteiger partial charge < -0.3 is 14.6 Å². The SMILES string of the molecule is CCC1C[C@H](C(=O)N2CCn3ccnc3C2)[C@H](C(=O)O)C1. The number of carboxylic acids is 1. The topological polar surface area (TPSA) is 75.4 Å². The lowest BCUT2D eigenvalue weighted by Crippen LogP contribution is -2.43. The van der Waals surface area contributed by atoms with Crippen LogP contribution in [0.4, 0.5) is 0 Å². The van der Waals surface area contributed by atoms with E-state index in [1.165, 1.54) is 0 Å². The van der Waals surface area contributed by atoms with Gasteiger partial charge in [-0.05, 0) is 18.8 Å². The van der Waals surface area contributed by atoms with Gasteiger partial charge >= 0.3 is 5.97 Å². The van der Waals surface area contributed by atoms with E-state index in [9.17, 15) is 14.7 Å². The van der Waals surface area contributed by atoms with E-state index >= 15 is 0 Å². The molecule has 21 heavy (non-hydrogen) atoms. The van der Waals surface area contributed by atoms with E-state index in [1.807, 2.05) is 10.8 Å². The maximum Gasteiger partial charge on any atom is 0.307 e. The fourth-order valence-corrected chi connectivity index (χ4v) is 3.62. The van der Waals surface area contributed by atoms with Gasteiger partial charge in [0.2, 0.25) is 5.91 Å². The molecule has 114 valence electrons. The molecular formula is C15H21N3O3. The predicted octanol–water partition coefficient (Wildman–Crippen LogP) is 1.36. The smallest absolute Gasteiger partial charge is 0.307 e. The number of carbonyl (C=O) groups is 2. The van der Waals surface area contributed by atoms with E-state index in [1.54, 1.807) is 11.1 Å². The molecule has 1 amide bonds.